The van der Waals surface area contributed by atoms with E-state index in [-0.39, 0.29) is 11.0 Å². The molecule has 3 nitrogen and oxygen atoms in total. The van der Waals surface area contributed by atoms with E-state index in [1.165, 1.54) is 19.3 Å². The Labute approximate surface area is 128 Å². The van der Waals surface area contributed by atoms with Crippen molar-refractivity contribution in [2.45, 2.75) is 83.7 Å². The monoisotopic (exact) mass is 290 g/mol. The zero-order valence-electron chi connectivity index (χ0n) is 14.2. The summed E-state index contributed by atoms with van der Waals surface area (Å²) in [7, 11) is 0. The first-order valence-electron chi connectivity index (χ1n) is 8.18. The molecule has 0 amide bonds. The Morgan fingerprint density at radius 2 is 1.62 bits per heavy atom. The van der Waals surface area contributed by atoms with Gasteiger partial charge in [0.1, 0.15) is 0 Å². The first kappa shape index (κ1) is 16.3. The summed E-state index contributed by atoms with van der Waals surface area (Å²) in [5.74, 6) is 0. The van der Waals surface area contributed by atoms with Crippen molar-refractivity contribution in [2.24, 2.45) is 5.73 Å². The van der Waals surface area contributed by atoms with E-state index in [4.69, 9.17) is 5.73 Å². The van der Waals surface area contributed by atoms with Crippen LogP contribution in [0.2, 0.25) is 0 Å². The average molecular weight is 290 g/mol. The fourth-order valence-electron chi connectivity index (χ4n) is 3.36. The molecule has 0 aromatic carbocycles. The number of aromatic nitrogens is 1. The smallest absolute Gasteiger partial charge is 0.256 e. The van der Waals surface area contributed by atoms with Crippen molar-refractivity contribution in [3.8, 4) is 0 Å². The summed E-state index contributed by atoms with van der Waals surface area (Å²) < 4.78 is 2.06. The Bertz CT molecular complexity index is 552. The van der Waals surface area contributed by atoms with E-state index in [0.717, 1.165) is 24.1 Å². The molecular formula is C18H30N2O. The normalized spacial score (nSPS) is 18.0. The second-order valence-electron chi connectivity index (χ2n) is 8.07. The standard InChI is InChI=1S/C18H30N2O/c1-17(2,3)15-12-11-14(18(4,5)19)16(21)20(15)13-9-7-6-8-10-13/h11-13H,6-10,19H2,1-5H3. The number of nitrogens with two attached hydrogens (primary N) is 1. The van der Waals surface area contributed by atoms with E-state index in [9.17, 15) is 4.79 Å². The highest BCUT2D eigenvalue weighted by atomic mass is 16.1. The van der Waals surface area contributed by atoms with E-state index < -0.39 is 5.54 Å². The number of rotatable bonds is 2. The van der Waals surface area contributed by atoms with Crippen LogP contribution in [-0.2, 0) is 11.0 Å². The first-order chi connectivity index (χ1) is 9.62. The quantitative estimate of drug-likeness (QED) is 0.899. The van der Waals surface area contributed by atoms with Crippen LogP contribution in [0.4, 0.5) is 0 Å². The van der Waals surface area contributed by atoms with Crippen LogP contribution in [0.5, 0.6) is 0 Å². The van der Waals surface area contributed by atoms with Crippen LogP contribution in [0.1, 0.15) is 84.0 Å². The predicted octanol–water partition coefficient (Wildman–Crippen LogP) is 3.84. The van der Waals surface area contributed by atoms with E-state index >= 15 is 0 Å². The average Bonchev–Trinajstić information content (AvgIpc) is 2.36. The summed E-state index contributed by atoms with van der Waals surface area (Å²) in [4.78, 5) is 13.1. The Kier molecular flexibility index (Phi) is 4.34. The van der Waals surface area contributed by atoms with Crippen molar-refractivity contribution in [1.82, 2.24) is 4.57 Å². The lowest BCUT2D eigenvalue weighted by atomic mass is 9.86. The lowest BCUT2D eigenvalue weighted by Gasteiger charge is -2.33. The van der Waals surface area contributed by atoms with Gasteiger partial charge < -0.3 is 10.3 Å². The number of nitrogens with zero attached hydrogens (tertiary/aromatic N) is 1. The van der Waals surface area contributed by atoms with Gasteiger partial charge in [-0.3, -0.25) is 4.79 Å². The topological polar surface area (TPSA) is 48.0 Å². The molecule has 0 aliphatic heterocycles. The van der Waals surface area contributed by atoms with Crippen LogP contribution >= 0.6 is 0 Å². The van der Waals surface area contributed by atoms with Gasteiger partial charge in [0.15, 0.2) is 0 Å². The van der Waals surface area contributed by atoms with Gasteiger partial charge in [-0.05, 0) is 38.8 Å². The molecule has 0 bridgehead atoms. The fraction of sp³-hybridized carbons (Fsp3) is 0.722. The highest BCUT2D eigenvalue weighted by molar-refractivity contribution is 5.26. The first-order valence-corrected chi connectivity index (χ1v) is 8.18. The number of hydrogen-bond acceptors (Lipinski definition) is 2. The van der Waals surface area contributed by atoms with Crippen LogP contribution in [0.3, 0.4) is 0 Å². The van der Waals surface area contributed by atoms with Crippen molar-refractivity contribution in [3.05, 3.63) is 33.7 Å². The Morgan fingerprint density at radius 3 is 2.10 bits per heavy atom. The summed E-state index contributed by atoms with van der Waals surface area (Å²) in [6.45, 7) is 10.3. The lowest BCUT2D eigenvalue weighted by molar-refractivity contribution is 0.321. The third kappa shape index (κ3) is 3.39. The van der Waals surface area contributed by atoms with Crippen molar-refractivity contribution in [3.63, 3.8) is 0 Å². The molecule has 0 radical (unpaired) electrons. The van der Waals surface area contributed by atoms with Gasteiger partial charge in [-0.15, -0.1) is 0 Å². The van der Waals surface area contributed by atoms with Gasteiger partial charge in [0.2, 0.25) is 0 Å². The van der Waals surface area contributed by atoms with E-state index in [0.29, 0.717) is 6.04 Å². The third-order valence-corrected chi connectivity index (χ3v) is 4.52. The molecule has 1 aliphatic rings. The summed E-state index contributed by atoms with van der Waals surface area (Å²) in [5.41, 5.74) is 7.54. The molecule has 0 unspecified atom stereocenters. The molecule has 0 atom stereocenters. The van der Waals surface area contributed by atoms with Gasteiger partial charge in [-0.2, -0.15) is 0 Å². The highest BCUT2D eigenvalue weighted by Gasteiger charge is 2.28. The van der Waals surface area contributed by atoms with Crippen molar-refractivity contribution >= 4 is 0 Å². The molecule has 118 valence electrons. The molecule has 3 heteroatoms. The van der Waals surface area contributed by atoms with Gasteiger partial charge in [0, 0.05) is 28.3 Å². The second-order valence-corrected chi connectivity index (χ2v) is 8.07. The molecule has 1 heterocycles. The molecule has 1 aromatic rings. The molecule has 1 fully saturated rings. The summed E-state index contributed by atoms with van der Waals surface area (Å²) in [6.07, 6.45) is 5.95. The SMILES string of the molecule is CC(C)(C)c1ccc(C(C)(C)N)c(=O)n1C1CCCCC1. The Hall–Kier alpha value is -1.09. The van der Waals surface area contributed by atoms with Crippen LogP contribution in [0, 0.1) is 0 Å². The summed E-state index contributed by atoms with van der Waals surface area (Å²) >= 11 is 0. The highest BCUT2D eigenvalue weighted by Crippen LogP contribution is 2.32. The maximum atomic E-state index is 13.1. The van der Waals surface area contributed by atoms with E-state index in [1.807, 2.05) is 19.9 Å². The van der Waals surface area contributed by atoms with Crippen LogP contribution in [0.25, 0.3) is 0 Å². The van der Waals surface area contributed by atoms with Gasteiger partial charge in [-0.25, -0.2) is 0 Å². The molecule has 2 N–H and O–H groups in total. The Balaban J connectivity index is 2.64. The molecule has 21 heavy (non-hydrogen) atoms. The van der Waals surface area contributed by atoms with Crippen molar-refractivity contribution in [2.75, 3.05) is 0 Å². The zero-order chi connectivity index (χ0) is 15.8. The molecule has 2 rings (SSSR count). The lowest BCUT2D eigenvalue weighted by Crippen LogP contribution is -2.42. The maximum absolute atomic E-state index is 13.1. The minimum Gasteiger partial charge on any atom is -0.322 e. The fourth-order valence-corrected chi connectivity index (χ4v) is 3.36. The van der Waals surface area contributed by atoms with Crippen molar-refractivity contribution < 1.29 is 0 Å². The summed E-state index contributed by atoms with van der Waals surface area (Å²) in [5, 5.41) is 0. The van der Waals surface area contributed by atoms with Crippen molar-refractivity contribution in [1.29, 1.82) is 0 Å². The third-order valence-electron chi connectivity index (χ3n) is 4.52. The van der Waals surface area contributed by atoms with Gasteiger partial charge in [0.05, 0.1) is 0 Å². The molecule has 0 spiro atoms. The number of pyridine rings is 1. The molecule has 1 aromatic heterocycles. The molecular weight excluding hydrogens is 260 g/mol. The second kappa shape index (κ2) is 5.60. The van der Waals surface area contributed by atoms with Gasteiger partial charge >= 0.3 is 0 Å². The number of hydrogen-bond donors (Lipinski definition) is 1. The zero-order valence-corrected chi connectivity index (χ0v) is 14.2. The van der Waals surface area contributed by atoms with E-state index in [1.54, 1.807) is 0 Å². The summed E-state index contributed by atoms with van der Waals surface area (Å²) in [6, 6.07) is 4.38. The minimum atomic E-state index is -0.593. The molecule has 1 aliphatic carbocycles. The van der Waals surface area contributed by atoms with Crippen LogP contribution < -0.4 is 11.3 Å². The van der Waals surface area contributed by atoms with Gasteiger partial charge in [0.25, 0.3) is 5.56 Å². The largest absolute Gasteiger partial charge is 0.322 e. The van der Waals surface area contributed by atoms with Crippen LogP contribution in [0.15, 0.2) is 16.9 Å². The van der Waals surface area contributed by atoms with Crippen LogP contribution in [-0.4, -0.2) is 4.57 Å². The molecule has 1 saturated carbocycles. The Morgan fingerprint density at radius 1 is 1.05 bits per heavy atom. The predicted molar refractivity (Wildman–Crippen MR) is 88.7 cm³/mol. The minimum absolute atomic E-state index is 0.0339. The van der Waals surface area contributed by atoms with Gasteiger partial charge in [-0.1, -0.05) is 40.0 Å². The maximum Gasteiger partial charge on any atom is 0.256 e. The van der Waals surface area contributed by atoms with E-state index in [2.05, 4.69) is 31.4 Å². The molecule has 0 saturated heterocycles.